The zero-order valence-electron chi connectivity index (χ0n) is 8.90. The second-order valence-electron chi connectivity index (χ2n) is 3.73. The van der Waals surface area contributed by atoms with Crippen molar-refractivity contribution in [3.8, 4) is 5.88 Å². The van der Waals surface area contributed by atoms with Gasteiger partial charge in [-0.25, -0.2) is 0 Å². The first-order valence-electron chi connectivity index (χ1n) is 5.18. The molecule has 1 N–H and O–H groups in total. The van der Waals surface area contributed by atoms with Gasteiger partial charge in [-0.05, 0) is 29.6 Å². The van der Waals surface area contributed by atoms with E-state index in [-0.39, 0.29) is 6.04 Å². The fourth-order valence-electron chi connectivity index (χ4n) is 2.08. The van der Waals surface area contributed by atoms with E-state index in [4.69, 9.17) is 9.15 Å². The van der Waals surface area contributed by atoms with Crippen molar-refractivity contribution in [3.63, 3.8) is 0 Å². The molecule has 0 spiro atoms. The molecule has 16 heavy (non-hydrogen) atoms. The predicted molar refractivity (Wildman–Crippen MR) is 60.9 cm³/mol. The van der Waals surface area contributed by atoms with E-state index in [1.165, 1.54) is 17.1 Å². The molecule has 0 radical (unpaired) electrons. The van der Waals surface area contributed by atoms with E-state index in [9.17, 15) is 0 Å². The Balaban J connectivity index is 2.04. The van der Waals surface area contributed by atoms with Crippen LogP contribution in [-0.2, 0) is 6.42 Å². The third-order valence-corrected chi connectivity index (χ3v) is 3.48. The summed E-state index contributed by atoms with van der Waals surface area (Å²) in [6, 6.07) is 2.11. The van der Waals surface area contributed by atoms with Crippen LogP contribution in [0.3, 0.4) is 0 Å². The molecule has 3 heterocycles. The Kier molecular flexibility index (Phi) is 2.41. The Bertz CT molecular complexity index is 492. The smallest absolute Gasteiger partial charge is 0.230 e. The molecular weight excluding hydrogens is 224 g/mol. The van der Waals surface area contributed by atoms with Gasteiger partial charge in [0.1, 0.15) is 5.76 Å². The van der Waals surface area contributed by atoms with Crippen molar-refractivity contribution in [3.05, 3.63) is 34.6 Å². The van der Waals surface area contributed by atoms with Crippen LogP contribution in [0.5, 0.6) is 5.88 Å². The molecule has 84 valence electrons. The van der Waals surface area contributed by atoms with Crippen molar-refractivity contribution in [2.24, 2.45) is 0 Å². The standard InChI is InChI=1S/C11H12N2O2S/c1-14-11-8(6-16-13-11)9-10-7(2-4-12-9)3-5-15-10/h3,5-6,9,12H,2,4H2,1H3. The molecule has 1 aliphatic rings. The lowest BCUT2D eigenvalue weighted by Crippen LogP contribution is -2.29. The number of rotatable bonds is 2. The first-order chi connectivity index (χ1) is 7.90. The molecule has 0 saturated heterocycles. The molecule has 3 rings (SSSR count). The van der Waals surface area contributed by atoms with Crippen LogP contribution in [0.25, 0.3) is 0 Å². The minimum atomic E-state index is 0.0763. The quantitative estimate of drug-likeness (QED) is 0.866. The second-order valence-corrected chi connectivity index (χ2v) is 4.36. The van der Waals surface area contributed by atoms with Crippen molar-refractivity contribution in [1.29, 1.82) is 0 Å². The molecule has 0 aliphatic carbocycles. The monoisotopic (exact) mass is 236 g/mol. The van der Waals surface area contributed by atoms with Gasteiger partial charge in [0.05, 0.1) is 25.0 Å². The fourth-order valence-corrected chi connectivity index (χ4v) is 2.76. The maximum atomic E-state index is 5.55. The van der Waals surface area contributed by atoms with Gasteiger partial charge in [-0.15, -0.1) is 0 Å². The predicted octanol–water partition coefficient (Wildman–Crippen LogP) is 1.98. The summed E-state index contributed by atoms with van der Waals surface area (Å²) in [5.74, 6) is 1.68. The van der Waals surface area contributed by atoms with Crippen LogP contribution >= 0.6 is 11.5 Å². The highest BCUT2D eigenvalue weighted by Gasteiger charge is 2.27. The molecule has 1 unspecified atom stereocenters. The summed E-state index contributed by atoms with van der Waals surface area (Å²) >= 11 is 1.41. The largest absolute Gasteiger partial charge is 0.480 e. The molecule has 1 atom stereocenters. The molecule has 2 aromatic rings. The minimum absolute atomic E-state index is 0.0763. The van der Waals surface area contributed by atoms with E-state index in [1.54, 1.807) is 13.4 Å². The maximum Gasteiger partial charge on any atom is 0.230 e. The van der Waals surface area contributed by atoms with Crippen LogP contribution in [0.15, 0.2) is 22.1 Å². The van der Waals surface area contributed by atoms with Gasteiger partial charge < -0.3 is 14.5 Å². The van der Waals surface area contributed by atoms with Crippen LogP contribution in [-0.4, -0.2) is 18.0 Å². The summed E-state index contributed by atoms with van der Waals surface area (Å²) in [5, 5.41) is 5.44. The highest BCUT2D eigenvalue weighted by Crippen LogP contribution is 2.34. The lowest BCUT2D eigenvalue weighted by molar-refractivity contribution is 0.377. The van der Waals surface area contributed by atoms with E-state index in [2.05, 4.69) is 9.69 Å². The molecule has 2 aromatic heterocycles. The van der Waals surface area contributed by atoms with Gasteiger partial charge in [0.25, 0.3) is 0 Å². The first-order valence-corrected chi connectivity index (χ1v) is 6.01. The summed E-state index contributed by atoms with van der Waals surface area (Å²) < 4.78 is 15.0. The van der Waals surface area contributed by atoms with Crippen LogP contribution in [0.2, 0.25) is 0 Å². The van der Waals surface area contributed by atoms with Gasteiger partial charge in [-0.3, -0.25) is 0 Å². The van der Waals surface area contributed by atoms with Crippen molar-refractivity contribution in [1.82, 2.24) is 9.69 Å². The average molecular weight is 236 g/mol. The average Bonchev–Trinajstić information content (AvgIpc) is 2.96. The molecular formula is C11H12N2O2S. The number of furan rings is 1. The fraction of sp³-hybridized carbons (Fsp3) is 0.364. The maximum absolute atomic E-state index is 5.55. The highest BCUT2D eigenvalue weighted by atomic mass is 32.1. The number of hydrogen-bond acceptors (Lipinski definition) is 5. The molecule has 0 amide bonds. The van der Waals surface area contributed by atoms with E-state index >= 15 is 0 Å². The van der Waals surface area contributed by atoms with Gasteiger partial charge in [0.2, 0.25) is 5.88 Å². The van der Waals surface area contributed by atoms with Crippen LogP contribution < -0.4 is 10.1 Å². The molecule has 5 heteroatoms. The van der Waals surface area contributed by atoms with Gasteiger partial charge in [0.15, 0.2) is 0 Å². The van der Waals surface area contributed by atoms with Crippen LogP contribution in [0, 0.1) is 0 Å². The third-order valence-electron chi connectivity index (χ3n) is 2.85. The SMILES string of the molecule is COc1nscc1C1NCCc2ccoc21. The van der Waals surface area contributed by atoms with Crippen LogP contribution in [0.4, 0.5) is 0 Å². The number of nitrogens with zero attached hydrogens (tertiary/aromatic N) is 1. The lowest BCUT2D eigenvalue weighted by atomic mass is 9.99. The zero-order valence-corrected chi connectivity index (χ0v) is 9.71. The number of fused-ring (bicyclic) bond motifs is 1. The summed E-state index contributed by atoms with van der Waals surface area (Å²) in [5.41, 5.74) is 2.33. The third kappa shape index (κ3) is 1.44. The van der Waals surface area contributed by atoms with E-state index in [0.29, 0.717) is 5.88 Å². The summed E-state index contributed by atoms with van der Waals surface area (Å²) in [7, 11) is 1.64. The van der Waals surface area contributed by atoms with Gasteiger partial charge in [-0.1, -0.05) is 0 Å². The number of methoxy groups -OCH3 is 1. The molecule has 4 nitrogen and oxygen atoms in total. The normalized spacial score (nSPS) is 19.4. The number of hydrogen-bond donors (Lipinski definition) is 1. The minimum Gasteiger partial charge on any atom is -0.480 e. The Morgan fingerprint density at radius 1 is 1.62 bits per heavy atom. The van der Waals surface area contributed by atoms with Crippen molar-refractivity contribution >= 4 is 11.5 Å². The van der Waals surface area contributed by atoms with Gasteiger partial charge >= 0.3 is 0 Å². The Morgan fingerprint density at radius 2 is 2.56 bits per heavy atom. The van der Waals surface area contributed by atoms with Crippen molar-refractivity contribution < 1.29 is 9.15 Å². The van der Waals surface area contributed by atoms with Crippen molar-refractivity contribution in [2.45, 2.75) is 12.5 Å². The molecule has 0 fully saturated rings. The summed E-state index contributed by atoms with van der Waals surface area (Å²) in [6.45, 7) is 0.955. The van der Waals surface area contributed by atoms with E-state index in [0.717, 1.165) is 24.3 Å². The Hall–Kier alpha value is -1.33. The summed E-state index contributed by atoms with van der Waals surface area (Å²) in [4.78, 5) is 0. The van der Waals surface area contributed by atoms with E-state index < -0.39 is 0 Å². The number of ether oxygens (including phenoxy) is 1. The highest BCUT2D eigenvalue weighted by molar-refractivity contribution is 7.03. The summed E-state index contributed by atoms with van der Waals surface area (Å²) in [6.07, 6.45) is 2.76. The molecule has 0 bridgehead atoms. The first kappa shape index (κ1) is 9.86. The zero-order chi connectivity index (χ0) is 11.0. The second kappa shape index (κ2) is 3.92. The van der Waals surface area contributed by atoms with Crippen molar-refractivity contribution in [2.75, 3.05) is 13.7 Å². The Labute approximate surface area is 97.4 Å². The number of aromatic nitrogens is 1. The molecule has 1 aliphatic heterocycles. The molecule has 0 saturated carbocycles. The van der Waals surface area contributed by atoms with E-state index in [1.807, 2.05) is 11.4 Å². The van der Waals surface area contributed by atoms with Gasteiger partial charge in [0, 0.05) is 11.9 Å². The molecule has 0 aromatic carbocycles. The van der Waals surface area contributed by atoms with Gasteiger partial charge in [-0.2, -0.15) is 4.37 Å². The lowest BCUT2D eigenvalue weighted by Gasteiger charge is -2.22. The number of nitrogens with one attached hydrogen (secondary N) is 1. The topological polar surface area (TPSA) is 47.3 Å². The van der Waals surface area contributed by atoms with Crippen LogP contribution in [0.1, 0.15) is 22.9 Å². The Morgan fingerprint density at radius 3 is 3.44 bits per heavy atom.